The third-order valence-corrected chi connectivity index (χ3v) is 10.8. The fourth-order valence-corrected chi connectivity index (χ4v) is 8.33. The van der Waals surface area contributed by atoms with Gasteiger partial charge in [-0.1, -0.05) is 37.3 Å². The van der Waals surface area contributed by atoms with Gasteiger partial charge in [0.25, 0.3) is 0 Å². The Balaban J connectivity index is 0.000000603. The Hall–Kier alpha value is -3.32. The van der Waals surface area contributed by atoms with Crippen LogP contribution in [0.1, 0.15) is 79.7 Å². The molecule has 7 unspecified atom stereocenters. The largest absolute Gasteiger partial charge is 0.458 e. The Morgan fingerprint density at radius 3 is 2.22 bits per heavy atom. The summed E-state index contributed by atoms with van der Waals surface area (Å²) in [6.07, 6.45) is -2.09. The van der Waals surface area contributed by atoms with Crippen LogP contribution in [0.4, 0.5) is 4.79 Å². The smallest absolute Gasteiger partial charge is 0.405 e. The monoisotopic (exact) mass is 687 g/mol. The number of benzene rings is 1. The van der Waals surface area contributed by atoms with Crippen molar-refractivity contribution in [3.8, 4) is 0 Å². The molecule has 1 aromatic rings. The van der Waals surface area contributed by atoms with Crippen LogP contribution in [0.5, 0.6) is 0 Å². The maximum absolute atomic E-state index is 14.6. The van der Waals surface area contributed by atoms with Gasteiger partial charge in [-0.15, -0.1) is 0 Å². The Labute approximate surface area is 288 Å². The van der Waals surface area contributed by atoms with Crippen molar-refractivity contribution >= 4 is 23.8 Å². The number of carbonyl (C=O) groups excluding carboxylic acids is 4. The molecule has 49 heavy (non-hydrogen) atoms. The molecule has 12 nitrogen and oxygen atoms in total. The zero-order valence-electron chi connectivity index (χ0n) is 30.2. The Bertz CT molecular complexity index is 1440. The number of methoxy groups -OCH3 is 2. The molecule has 1 heterocycles. The molecular weight excluding hydrogens is 634 g/mol. The number of ether oxygens (including phenoxy) is 6. The molecule has 272 valence electrons. The van der Waals surface area contributed by atoms with E-state index in [1.807, 2.05) is 51.1 Å². The van der Waals surface area contributed by atoms with E-state index in [-0.39, 0.29) is 37.6 Å². The molecule has 1 amide bonds. The molecule has 2 bridgehead atoms. The average molecular weight is 688 g/mol. The first kappa shape index (κ1) is 38.5. The molecule has 1 saturated heterocycles. The summed E-state index contributed by atoms with van der Waals surface area (Å²) in [5.74, 6) is -2.15. The van der Waals surface area contributed by atoms with Gasteiger partial charge in [-0.05, 0) is 64.2 Å². The maximum atomic E-state index is 14.6. The number of ketones is 1. The van der Waals surface area contributed by atoms with E-state index in [4.69, 9.17) is 29.4 Å². The van der Waals surface area contributed by atoms with Gasteiger partial charge in [-0.25, -0.2) is 4.79 Å². The molecule has 9 atom stereocenters. The van der Waals surface area contributed by atoms with Crippen molar-refractivity contribution in [3.05, 3.63) is 47.0 Å². The fourth-order valence-electron chi connectivity index (χ4n) is 8.33. The quantitative estimate of drug-likeness (QED) is 0.239. The van der Waals surface area contributed by atoms with Crippen molar-refractivity contribution in [2.24, 2.45) is 23.0 Å². The van der Waals surface area contributed by atoms with Crippen molar-refractivity contribution in [1.29, 1.82) is 0 Å². The lowest BCUT2D eigenvalue weighted by Gasteiger charge is -2.65. The lowest BCUT2D eigenvalue weighted by Crippen LogP contribution is -2.77. The number of amides is 1. The number of primary amides is 1. The van der Waals surface area contributed by atoms with Crippen LogP contribution in [0.3, 0.4) is 0 Å². The first-order valence-electron chi connectivity index (χ1n) is 16.9. The molecule has 0 aromatic heterocycles. The molecule has 3 N–H and O–H groups in total. The Kier molecular flexibility index (Phi) is 11.4. The molecule has 4 aliphatic rings. The second-order valence-corrected chi connectivity index (χ2v) is 15.0. The van der Waals surface area contributed by atoms with Gasteiger partial charge in [-0.3, -0.25) is 14.4 Å². The van der Waals surface area contributed by atoms with Gasteiger partial charge in [0, 0.05) is 52.2 Å². The summed E-state index contributed by atoms with van der Waals surface area (Å²) in [6, 6.07) is 9.70. The van der Waals surface area contributed by atoms with Gasteiger partial charge in [0.15, 0.2) is 11.4 Å². The van der Waals surface area contributed by atoms with Gasteiger partial charge in [0.05, 0.1) is 23.7 Å². The summed E-state index contributed by atoms with van der Waals surface area (Å²) >= 11 is 0. The van der Waals surface area contributed by atoms with Crippen molar-refractivity contribution in [2.45, 2.75) is 122 Å². The van der Waals surface area contributed by atoms with Crippen molar-refractivity contribution in [2.75, 3.05) is 20.8 Å². The SMILES string of the molecule is CC(C)(C)OC(N)=O.COC1C(=O)C2(C)C(OC)CC3OC[C@@]3(OC(C)=O)C2CC2(O)C[C@H](OC(=O)CCc3ccccc3)C(C)=C1C2C. The van der Waals surface area contributed by atoms with Crippen LogP contribution in [0.2, 0.25) is 0 Å². The molecule has 1 aromatic carbocycles. The van der Waals surface area contributed by atoms with E-state index < -0.39 is 70.5 Å². The number of aliphatic hydroxyl groups is 1. The third kappa shape index (κ3) is 7.57. The number of aryl methyl sites for hydroxylation is 1. The highest BCUT2D eigenvalue weighted by atomic mass is 16.6. The zero-order valence-corrected chi connectivity index (χ0v) is 30.2. The van der Waals surface area contributed by atoms with Crippen molar-refractivity contribution < 1.29 is 52.7 Å². The van der Waals surface area contributed by atoms with Gasteiger partial charge in [-0.2, -0.15) is 0 Å². The van der Waals surface area contributed by atoms with Crippen molar-refractivity contribution in [1.82, 2.24) is 0 Å². The summed E-state index contributed by atoms with van der Waals surface area (Å²) in [6.45, 7) is 12.3. The fraction of sp³-hybridized carbons (Fsp3) is 0.676. The molecule has 0 radical (unpaired) electrons. The number of carbonyl (C=O) groups is 4. The highest BCUT2D eigenvalue weighted by molar-refractivity contribution is 5.93. The standard InChI is InChI=1S/C32H42O9.C5H11NO2/c1-18-22(40-26(34)13-12-21-10-8-7-9-11-21)15-31(36)16-23-30(4,29(35)28(38-6)27(18)19(31)2)24(37-5)14-25-32(23,17-39-25)41-20(3)33;1-5(2,3)8-4(6)7/h7-11,19,22-25,28,36H,12-17H2,1-6H3;1-3H3,(H2,6,7)/t19?,22-,23?,24?,25?,28?,30?,31?,32+;/m0./s1. The van der Waals surface area contributed by atoms with Crippen LogP contribution in [0.15, 0.2) is 41.5 Å². The lowest BCUT2D eigenvalue weighted by molar-refractivity contribution is -0.327. The molecule has 3 aliphatic carbocycles. The first-order chi connectivity index (χ1) is 22.8. The molecule has 1 aliphatic heterocycles. The van der Waals surface area contributed by atoms with Gasteiger partial charge in [0.2, 0.25) is 0 Å². The van der Waals surface area contributed by atoms with E-state index in [0.717, 1.165) is 11.1 Å². The summed E-state index contributed by atoms with van der Waals surface area (Å²) in [5.41, 5.74) is 3.03. The number of rotatable bonds is 7. The molecule has 5 rings (SSSR count). The third-order valence-electron chi connectivity index (χ3n) is 10.8. The maximum Gasteiger partial charge on any atom is 0.405 e. The minimum Gasteiger partial charge on any atom is -0.458 e. The second kappa shape index (κ2) is 14.5. The average Bonchev–Trinajstić information content (AvgIpc) is 3.00. The van der Waals surface area contributed by atoms with E-state index in [1.54, 1.807) is 27.9 Å². The molecular formula is C37H53NO11. The highest BCUT2D eigenvalue weighted by Gasteiger charge is 2.73. The number of fused-ring (bicyclic) bond motifs is 5. The summed E-state index contributed by atoms with van der Waals surface area (Å²) in [7, 11) is 3.04. The van der Waals surface area contributed by atoms with Crippen LogP contribution in [-0.2, 0) is 49.2 Å². The normalized spacial score (nSPS) is 35.2. The summed E-state index contributed by atoms with van der Waals surface area (Å²) < 4.78 is 34.3. The predicted molar refractivity (Wildman–Crippen MR) is 178 cm³/mol. The summed E-state index contributed by atoms with van der Waals surface area (Å²) in [4.78, 5) is 50.1. The molecule has 12 heteroatoms. The van der Waals surface area contributed by atoms with Crippen LogP contribution < -0.4 is 5.73 Å². The van der Waals surface area contributed by atoms with Crippen LogP contribution >= 0.6 is 0 Å². The van der Waals surface area contributed by atoms with E-state index in [9.17, 15) is 24.3 Å². The minimum atomic E-state index is -1.38. The predicted octanol–water partition coefficient (Wildman–Crippen LogP) is 4.23. The Morgan fingerprint density at radius 2 is 1.73 bits per heavy atom. The van der Waals surface area contributed by atoms with Crippen molar-refractivity contribution in [3.63, 3.8) is 0 Å². The number of esters is 2. The van der Waals surface area contributed by atoms with E-state index in [1.165, 1.54) is 14.0 Å². The topological polar surface area (TPSA) is 170 Å². The van der Waals surface area contributed by atoms with Crippen LogP contribution in [-0.4, -0.2) is 91.0 Å². The van der Waals surface area contributed by atoms with Crippen LogP contribution in [0.25, 0.3) is 0 Å². The van der Waals surface area contributed by atoms with Gasteiger partial charge < -0.3 is 39.3 Å². The molecule has 0 spiro atoms. The second-order valence-electron chi connectivity index (χ2n) is 15.0. The van der Waals surface area contributed by atoms with E-state index in [0.29, 0.717) is 18.4 Å². The van der Waals surface area contributed by atoms with Crippen LogP contribution in [0, 0.1) is 17.3 Å². The molecule has 2 saturated carbocycles. The highest BCUT2D eigenvalue weighted by Crippen LogP contribution is 2.61. The number of hydrogen-bond donors (Lipinski definition) is 2. The Morgan fingerprint density at radius 1 is 1.08 bits per heavy atom. The van der Waals surface area contributed by atoms with Gasteiger partial charge in [0.1, 0.15) is 23.9 Å². The minimum absolute atomic E-state index is 0.128. The number of Topliss-reactive ketones (excluding diaryl/α,β-unsaturated/α-hetero) is 1. The lowest BCUT2D eigenvalue weighted by atomic mass is 9.48. The van der Waals surface area contributed by atoms with E-state index >= 15 is 0 Å². The summed E-state index contributed by atoms with van der Waals surface area (Å²) in [5, 5.41) is 12.5. The number of hydrogen-bond acceptors (Lipinski definition) is 11. The van der Waals surface area contributed by atoms with E-state index in [2.05, 4.69) is 4.74 Å². The zero-order chi connectivity index (χ0) is 36.5. The molecule has 3 fully saturated rings. The first-order valence-corrected chi connectivity index (χ1v) is 16.9. The number of nitrogens with two attached hydrogens (primary N) is 1. The van der Waals surface area contributed by atoms with Gasteiger partial charge >= 0.3 is 18.0 Å².